The number of ether oxygens (including phenoxy) is 1. The molecule has 0 spiro atoms. The van der Waals surface area contributed by atoms with Crippen LogP contribution >= 0.6 is 15.6 Å². The van der Waals surface area contributed by atoms with Crippen molar-refractivity contribution in [2.75, 3.05) is 6.61 Å². The van der Waals surface area contributed by atoms with E-state index in [2.05, 4.69) is 13.8 Å². The lowest BCUT2D eigenvalue weighted by Gasteiger charge is -2.28. The minimum atomic E-state index is -5.67. The summed E-state index contributed by atoms with van der Waals surface area (Å²) < 4.78 is 36.5. The van der Waals surface area contributed by atoms with E-state index >= 15 is 0 Å². The Morgan fingerprint density at radius 2 is 1.88 bits per heavy atom. The standard InChI is InChI=1S/C15H19N3O12P2/c19-11-4-6-17(15(22)18(11)7-9-3-1-2-5-16-9)14-13(21)12(20)10(29-14)8-28-32(26,27)30-31(23,24)25/h1-6,10,12-14,20-21H,7-8H2,(H,26,27)(H2,23,24,25)/p-2/t10?,12-,13?,14?/m0/s1. The maximum Gasteiger partial charge on any atom is 0.333 e. The van der Waals surface area contributed by atoms with Gasteiger partial charge in [0.05, 0.1) is 18.8 Å². The summed E-state index contributed by atoms with van der Waals surface area (Å²) in [5.41, 5.74) is -1.18. The highest BCUT2D eigenvalue weighted by molar-refractivity contribution is 7.59. The second kappa shape index (κ2) is 9.45. The van der Waals surface area contributed by atoms with Gasteiger partial charge in [-0.15, -0.1) is 0 Å². The summed E-state index contributed by atoms with van der Waals surface area (Å²) in [5.74, 6) is 0. The summed E-state index contributed by atoms with van der Waals surface area (Å²) in [6.07, 6.45) is -4.13. The molecule has 176 valence electrons. The third-order valence-electron chi connectivity index (χ3n) is 4.35. The largest absolute Gasteiger partial charge is 0.756 e. The monoisotopic (exact) mass is 493 g/mol. The molecule has 1 aliphatic rings. The fraction of sp³-hybridized carbons (Fsp3) is 0.400. The van der Waals surface area contributed by atoms with Gasteiger partial charge in [0, 0.05) is 18.5 Å². The zero-order valence-electron chi connectivity index (χ0n) is 15.9. The Morgan fingerprint density at radius 1 is 1.16 bits per heavy atom. The Bertz CT molecular complexity index is 1160. The average molecular weight is 493 g/mol. The molecule has 3 heterocycles. The predicted octanol–water partition coefficient (Wildman–Crippen LogP) is -2.97. The molecule has 0 saturated carbocycles. The molecule has 1 saturated heterocycles. The summed E-state index contributed by atoms with van der Waals surface area (Å²) in [6.45, 7) is -1.21. The quantitative estimate of drug-likeness (QED) is 0.313. The van der Waals surface area contributed by atoms with Crippen molar-refractivity contribution in [1.29, 1.82) is 0 Å². The van der Waals surface area contributed by atoms with Gasteiger partial charge in [0.2, 0.25) is 0 Å². The van der Waals surface area contributed by atoms with Crippen molar-refractivity contribution < 1.29 is 47.6 Å². The lowest BCUT2D eigenvalue weighted by atomic mass is 10.1. The van der Waals surface area contributed by atoms with Crippen molar-refractivity contribution in [3.63, 3.8) is 0 Å². The van der Waals surface area contributed by atoms with Gasteiger partial charge in [-0.2, -0.15) is 0 Å². The smallest absolute Gasteiger partial charge is 0.333 e. The topological polar surface area (TPSA) is 226 Å². The van der Waals surface area contributed by atoms with E-state index in [0.29, 0.717) is 5.69 Å². The van der Waals surface area contributed by atoms with Crippen LogP contribution in [0.5, 0.6) is 0 Å². The molecule has 32 heavy (non-hydrogen) atoms. The van der Waals surface area contributed by atoms with Crippen LogP contribution < -0.4 is 21.0 Å². The molecule has 2 aromatic heterocycles. The second-order valence-corrected chi connectivity index (χ2v) is 9.33. The van der Waals surface area contributed by atoms with Crippen LogP contribution in [0.2, 0.25) is 0 Å². The SMILES string of the molecule is O=c1ccn(C2OC(COP(=O)([O-])OP(=O)([O-])O)[C@H](O)C2O)c(=O)n1Cc1ccccn1. The van der Waals surface area contributed by atoms with Gasteiger partial charge in [-0.1, -0.05) is 6.07 Å². The van der Waals surface area contributed by atoms with Gasteiger partial charge >= 0.3 is 5.69 Å². The van der Waals surface area contributed by atoms with Crippen LogP contribution in [0, 0.1) is 0 Å². The van der Waals surface area contributed by atoms with Crippen LogP contribution in [0.25, 0.3) is 0 Å². The van der Waals surface area contributed by atoms with E-state index in [0.717, 1.165) is 21.4 Å². The van der Waals surface area contributed by atoms with Gasteiger partial charge in [-0.3, -0.25) is 28.0 Å². The van der Waals surface area contributed by atoms with Crippen LogP contribution in [-0.2, 0) is 29.2 Å². The molecule has 17 heteroatoms. The number of nitrogens with zero attached hydrogens (tertiary/aromatic N) is 3. The van der Waals surface area contributed by atoms with Crippen molar-refractivity contribution in [2.24, 2.45) is 0 Å². The Kier molecular flexibility index (Phi) is 7.27. The Balaban J connectivity index is 1.79. The summed E-state index contributed by atoms with van der Waals surface area (Å²) in [7, 11) is -11.2. The minimum Gasteiger partial charge on any atom is -0.756 e. The molecule has 0 bridgehead atoms. The normalized spacial score (nSPS) is 27.0. The molecule has 2 aromatic rings. The summed E-state index contributed by atoms with van der Waals surface area (Å²) >= 11 is 0. The Morgan fingerprint density at radius 3 is 2.50 bits per heavy atom. The van der Waals surface area contributed by atoms with E-state index < -0.39 is 58.0 Å². The lowest BCUT2D eigenvalue weighted by Crippen LogP contribution is -2.43. The molecule has 1 aliphatic heterocycles. The third kappa shape index (κ3) is 5.85. The number of phosphoric acid groups is 2. The number of hydrogen-bond acceptors (Lipinski definition) is 12. The lowest BCUT2D eigenvalue weighted by molar-refractivity contribution is -0.242. The number of pyridine rings is 1. The first kappa shape index (κ1) is 24.6. The van der Waals surface area contributed by atoms with Gasteiger partial charge in [0.15, 0.2) is 6.23 Å². The molecule has 1 fully saturated rings. The number of phosphoric ester groups is 1. The molecular formula is C15H17N3O12P2-2. The highest BCUT2D eigenvalue weighted by Crippen LogP contribution is 2.52. The van der Waals surface area contributed by atoms with Crippen molar-refractivity contribution in [1.82, 2.24) is 14.1 Å². The van der Waals surface area contributed by atoms with Gasteiger partial charge in [0.25, 0.3) is 21.2 Å². The summed E-state index contributed by atoms with van der Waals surface area (Å²) in [4.78, 5) is 59.4. The average Bonchev–Trinajstić information content (AvgIpc) is 2.97. The first-order valence-corrected chi connectivity index (χ1v) is 11.8. The molecule has 5 unspecified atom stereocenters. The fourth-order valence-corrected chi connectivity index (χ4v) is 4.46. The molecule has 6 atom stereocenters. The summed E-state index contributed by atoms with van der Waals surface area (Å²) in [5, 5.41) is 20.4. The summed E-state index contributed by atoms with van der Waals surface area (Å²) in [6, 6.07) is 5.89. The van der Waals surface area contributed by atoms with E-state index in [1.807, 2.05) is 0 Å². The maximum absolute atomic E-state index is 12.8. The van der Waals surface area contributed by atoms with Crippen molar-refractivity contribution >= 4 is 15.6 Å². The van der Waals surface area contributed by atoms with E-state index in [4.69, 9.17) is 9.63 Å². The molecule has 0 amide bonds. The predicted molar refractivity (Wildman–Crippen MR) is 98.7 cm³/mol. The zero-order valence-corrected chi connectivity index (χ0v) is 17.7. The van der Waals surface area contributed by atoms with Crippen LogP contribution in [0.15, 0.2) is 46.2 Å². The van der Waals surface area contributed by atoms with Crippen LogP contribution in [0.1, 0.15) is 11.9 Å². The molecular weight excluding hydrogens is 476 g/mol. The molecule has 0 aliphatic carbocycles. The maximum atomic E-state index is 12.8. The van der Waals surface area contributed by atoms with E-state index in [1.165, 1.54) is 6.20 Å². The molecule has 0 aromatic carbocycles. The van der Waals surface area contributed by atoms with Gasteiger partial charge in [-0.05, 0) is 12.1 Å². The molecule has 3 rings (SSSR count). The molecule has 3 N–H and O–H groups in total. The van der Waals surface area contributed by atoms with Gasteiger partial charge < -0.3 is 34.2 Å². The number of aromatic nitrogens is 3. The van der Waals surface area contributed by atoms with Crippen molar-refractivity contribution in [3.05, 3.63) is 63.2 Å². The van der Waals surface area contributed by atoms with E-state index in [-0.39, 0.29) is 6.54 Å². The minimum absolute atomic E-state index is 0.190. The number of aliphatic hydroxyl groups is 2. The number of rotatable bonds is 8. The highest BCUT2D eigenvalue weighted by Gasteiger charge is 2.45. The van der Waals surface area contributed by atoms with E-state index in [9.17, 15) is 38.7 Å². The van der Waals surface area contributed by atoms with E-state index in [1.54, 1.807) is 18.2 Å². The van der Waals surface area contributed by atoms with Gasteiger partial charge in [-0.25, -0.2) is 9.11 Å². The first-order valence-electron chi connectivity index (χ1n) is 8.82. The Labute approximate surface area is 178 Å². The highest BCUT2D eigenvalue weighted by atomic mass is 31.3. The van der Waals surface area contributed by atoms with Gasteiger partial charge in [0.1, 0.15) is 18.3 Å². The van der Waals surface area contributed by atoms with Crippen LogP contribution in [0.3, 0.4) is 0 Å². The Hall–Kier alpha value is -2.03. The first-order chi connectivity index (χ1) is 14.9. The molecule has 15 nitrogen and oxygen atoms in total. The second-order valence-electron chi connectivity index (χ2n) is 6.59. The fourth-order valence-electron chi connectivity index (χ4n) is 2.94. The van der Waals surface area contributed by atoms with Crippen molar-refractivity contribution in [2.45, 2.75) is 31.1 Å². The third-order valence-corrected chi connectivity index (χ3v) is 6.44. The zero-order chi connectivity index (χ0) is 23.7. The van der Waals surface area contributed by atoms with Crippen molar-refractivity contribution in [3.8, 4) is 0 Å². The number of hydrogen-bond donors (Lipinski definition) is 3. The molecule has 0 radical (unpaired) electrons. The van der Waals surface area contributed by atoms with Crippen LogP contribution in [-0.4, -0.2) is 54.1 Å². The number of aliphatic hydroxyl groups excluding tert-OH is 2. The van der Waals surface area contributed by atoms with Crippen LogP contribution in [0.4, 0.5) is 0 Å².